The van der Waals surface area contributed by atoms with Gasteiger partial charge in [-0.3, -0.25) is 0 Å². The maximum atomic E-state index is 13.5. The molecular formula is C13H18F3N3O. The Bertz CT molecular complexity index is 482. The molecule has 0 aliphatic carbocycles. The molecule has 1 aromatic carbocycles. The predicted octanol–water partition coefficient (Wildman–Crippen LogP) is 2.15. The summed E-state index contributed by atoms with van der Waals surface area (Å²) in [6, 6.07) is 2.63. The molecule has 112 valence electrons. The Hall–Kier alpha value is -1.63. The molecule has 1 atom stereocenters. The monoisotopic (exact) mass is 289 g/mol. The summed E-state index contributed by atoms with van der Waals surface area (Å²) in [6.07, 6.45) is 0.939. The van der Waals surface area contributed by atoms with E-state index in [2.05, 4.69) is 9.64 Å². The number of alkyl halides is 2. The molecule has 1 aliphatic heterocycles. The normalized spacial score (nSPS) is 19.1. The van der Waals surface area contributed by atoms with Gasteiger partial charge in [0.25, 0.3) is 0 Å². The first-order valence-electron chi connectivity index (χ1n) is 6.33. The number of anilines is 2. The Morgan fingerprint density at radius 3 is 2.65 bits per heavy atom. The lowest BCUT2D eigenvalue weighted by atomic mass is 10.2. The third kappa shape index (κ3) is 3.09. The molecule has 0 saturated carbocycles. The topological polar surface area (TPSA) is 41.7 Å². The SMILES string of the molecule is CN(C)C1CCN(c2cc(OC(F)F)c(F)cc2N)C1. The second kappa shape index (κ2) is 5.78. The summed E-state index contributed by atoms with van der Waals surface area (Å²) in [6.45, 7) is -1.60. The standard InChI is InChI=1S/C13H18F3N3O/c1-18(2)8-3-4-19(7-8)11-6-12(20-13(15)16)9(14)5-10(11)17/h5-6,8,13H,3-4,7,17H2,1-2H3. The molecule has 1 fully saturated rings. The molecule has 7 heteroatoms. The van der Waals surface area contributed by atoms with E-state index in [4.69, 9.17) is 5.73 Å². The van der Waals surface area contributed by atoms with Gasteiger partial charge in [-0.05, 0) is 20.5 Å². The number of nitrogens with two attached hydrogens (primary N) is 1. The van der Waals surface area contributed by atoms with Crippen molar-refractivity contribution in [1.82, 2.24) is 4.90 Å². The van der Waals surface area contributed by atoms with Gasteiger partial charge in [-0.25, -0.2) is 4.39 Å². The lowest BCUT2D eigenvalue weighted by Crippen LogP contribution is -2.31. The Kier molecular flexibility index (Phi) is 4.27. The van der Waals surface area contributed by atoms with Crippen LogP contribution in [0, 0.1) is 5.82 Å². The van der Waals surface area contributed by atoms with Crippen LogP contribution in [0.5, 0.6) is 5.75 Å². The van der Waals surface area contributed by atoms with Crippen LogP contribution in [0.15, 0.2) is 12.1 Å². The van der Waals surface area contributed by atoms with Gasteiger partial charge >= 0.3 is 6.61 Å². The van der Waals surface area contributed by atoms with Crippen LogP contribution in [0.25, 0.3) is 0 Å². The van der Waals surface area contributed by atoms with E-state index in [-0.39, 0.29) is 5.69 Å². The number of ether oxygens (including phenoxy) is 1. The van der Waals surface area contributed by atoms with Crippen molar-refractivity contribution in [2.75, 3.05) is 37.8 Å². The van der Waals surface area contributed by atoms with Gasteiger partial charge in [-0.1, -0.05) is 0 Å². The molecule has 1 unspecified atom stereocenters. The average Bonchev–Trinajstić information content (AvgIpc) is 2.81. The first-order chi connectivity index (χ1) is 9.38. The third-order valence-electron chi connectivity index (χ3n) is 3.53. The summed E-state index contributed by atoms with van der Waals surface area (Å²) >= 11 is 0. The lowest BCUT2D eigenvalue weighted by Gasteiger charge is -2.23. The first kappa shape index (κ1) is 14.8. The van der Waals surface area contributed by atoms with E-state index in [0.29, 0.717) is 11.7 Å². The predicted molar refractivity (Wildman–Crippen MR) is 71.7 cm³/mol. The third-order valence-corrected chi connectivity index (χ3v) is 3.53. The van der Waals surface area contributed by atoms with Crippen LogP contribution in [-0.2, 0) is 0 Å². The number of rotatable bonds is 4. The summed E-state index contributed by atoms with van der Waals surface area (Å²) in [5.41, 5.74) is 6.54. The molecule has 20 heavy (non-hydrogen) atoms. The van der Waals surface area contributed by atoms with Gasteiger partial charge in [0.2, 0.25) is 0 Å². The van der Waals surface area contributed by atoms with Crippen LogP contribution in [0.1, 0.15) is 6.42 Å². The molecule has 1 aliphatic rings. The molecule has 1 heterocycles. The number of benzene rings is 1. The van der Waals surface area contributed by atoms with E-state index in [1.54, 1.807) is 0 Å². The van der Waals surface area contributed by atoms with Crippen molar-refractivity contribution in [3.8, 4) is 5.75 Å². The van der Waals surface area contributed by atoms with Crippen LogP contribution >= 0.6 is 0 Å². The van der Waals surface area contributed by atoms with Gasteiger partial charge in [-0.15, -0.1) is 0 Å². The highest BCUT2D eigenvalue weighted by molar-refractivity contribution is 5.70. The minimum atomic E-state index is -3.06. The zero-order valence-corrected chi connectivity index (χ0v) is 11.4. The van der Waals surface area contributed by atoms with Gasteiger partial charge in [0, 0.05) is 31.3 Å². The highest BCUT2D eigenvalue weighted by Gasteiger charge is 2.26. The van der Waals surface area contributed by atoms with Crippen molar-refractivity contribution in [1.29, 1.82) is 0 Å². The second-order valence-corrected chi connectivity index (χ2v) is 5.07. The largest absolute Gasteiger partial charge is 0.432 e. The number of likely N-dealkylation sites (N-methyl/N-ethyl adjacent to an activating group) is 1. The smallest absolute Gasteiger partial charge is 0.387 e. The molecule has 0 radical (unpaired) electrons. The van der Waals surface area contributed by atoms with Gasteiger partial charge < -0.3 is 20.3 Å². The molecule has 1 aromatic rings. The highest BCUT2D eigenvalue weighted by atomic mass is 19.3. The molecule has 0 amide bonds. The van der Waals surface area contributed by atoms with Crippen molar-refractivity contribution in [2.45, 2.75) is 19.1 Å². The van der Waals surface area contributed by atoms with Crippen molar-refractivity contribution >= 4 is 11.4 Å². The van der Waals surface area contributed by atoms with E-state index in [1.807, 2.05) is 19.0 Å². The number of hydrogen-bond acceptors (Lipinski definition) is 4. The van der Waals surface area contributed by atoms with Crippen LogP contribution in [0.3, 0.4) is 0 Å². The van der Waals surface area contributed by atoms with Crippen LogP contribution in [0.4, 0.5) is 24.5 Å². The lowest BCUT2D eigenvalue weighted by molar-refractivity contribution is -0.0521. The molecule has 1 saturated heterocycles. The number of nitrogens with zero attached hydrogens (tertiary/aromatic N) is 2. The van der Waals surface area contributed by atoms with E-state index in [9.17, 15) is 13.2 Å². The molecule has 4 nitrogen and oxygen atoms in total. The maximum Gasteiger partial charge on any atom is 0.387 e. The number of hydrogen-bond donors (Lipinski definition) is 1. The van der Waals surface area contributed by atoms with Gasteiger partial charge in [0.15, 0.2) is 11.6 Å². The first-order valence-corrected chi connectivity index (χ1v) is 6.33. The zero-order valence-electron chi connectivity index (χ0n) is 11.4. The summed E-state index contributed by atoms with van der Waals surface area (Å²) in [4.78, 5) is 4.05. The summed E-state index contributed by atoms with van der Waals surface area (Å²) in [5, 5.41) is 0. The average molecular weight is 289 g/mol. The van der Waals surface area contributed by atoms with Crippen LogP contribution in [0.2, 0.25) is 0 Å². The van der Waals surface area contributed by atoms with Crippen molar-refractivity contribution < 1.29 is 17.9 Å². The molecule has 2 rings (SSSR count). The van der Waals surface area contributed by atoms with Gasteiger partial charge in [0.05, 0.1) is 11.4 Å². The Morgan fingerprint density at radius 2 is 2.10 bits per heavy atom. The Labute approximate surface area is 115 Å². The quantitative estimate of drug-likeness (QED) is 0.862. The fraction of sp³-hybridized carbons (Fsp3) is 0.538. The van der Waals surface area contributed by atoms with E-state index in [1.165, 1.54) is 6.07 Å². The Balaban J connectivity index is 2.23. The van der Waals surface area contributed by atoms with Gasteiger partial charge in [-0.2, -0.15) is 8.78 Å². The minimum absolute atomic E-state index is 0.225. The van der Waals surface area contributed by atoms with E-state index in [0.717, 1.165) is 25.6 Å². The molecule has 0 spiro atoms. The molecular weight excluding hydrogens is 271 g/mol. The van der Waals surface area contributed by atoms with Crippen LogP contribution < -0.4 is 15.4 Å². The number of halogens is 3. The van der Waals surface area contributed by atoms with Crippen molar-refractivity contribution in [2.24, 2.45) is 0 Å². The maximum absolute atomic E-state index is 13.5. The fourth-order valence-corrected chi connectivity index (χ4v) is 2.40. The molecule has 0 bridgehead atoms. The Morgan fingerprint density at radius 1 is 1.40 bits per heavy atom. The summed E-state index contributed by atoms with van der Waals surface area (Å²) in [7, 11) is 3.96. The van der Waals surface area contributed by atoms with E-state index < -0.39 is 18.2 Å². The van der Waals surface area contributed by atoms with Crippen LogP contribution in [-0.4, -0.2) is 44.7 Å². The number of nitrogen functional groups attached to an aromatic ring is 1. The molecule has 2 N–H and O–H groups in total. The summed E-state index contributed by atoms with van der Waals surface area (Å²) < 4.78 is 42.2. The van der Waals surface area contributed by atoms with E-state index >= 15 is 0 Å². The zero-order chi connectivity index (χ0) is 14.9. The summed E-state index contributed by atoms with van der Waals surface area (Å²) in [5.74, 6) is -1.35. The fourth-order valence-electron chi connectivity index (χ4n) is 2.40. The molecule has 0 aromatic heterocycles. The van der Waals surface area contributed by atoms with Gasteiger partial charge in [0.1, 0.15) is 0 Å². The minimum Gasteiger partial charge on any atom is -0.432 e. The highest BCUT2D eigenvalue weighted by Crippen LogP contribution is 2.34. The van der Waals surface area contributed by atoms with Crippen molar-refractivity contribution in [3.63, 3.8) is 0 Å². The second-order valence-electron chi connectivity index (χ2n) is 5.07. The van der Waals surface area contributed by atoms with Crippen molar-refractivity contribution in [3.05, 3.63) is 17.9 Å².